The van der Waals surface area contributed by atoms with Crippen molar-refractivity contribution in [3.05, 3.63) is 66.0 Å². The van der Waals surface area contributed by atoms with Crippen molar-refractivity contribution < 1.29 is 4.79 Å². The Morgan fingerprint density at radius 2 is 1.96 bits per heavy atom. The largest absolute Gasteiger partial charge is 0.353 e. The van der Waals surface area contributed by atoms with Crippen LogP contribution in [0.25, 0.3) is 0 Å². The summed E-state index contributed by atoms with van der Waals surface area (Å²) in [4.78, 5) is 18.8. The molecule has 1 N–H and O–H groups in total. The molecule has 3 rings (SSSR count). The molecule has 1 atom stereocenters. The fraction of sp³-hybridized carbons (Fsp3) is 0.368. The molecule has 2 heterocycles. The van der Waals surface area contributed by atoms with Gasteiger partial charge in [0.25, 0.3) is 0 Å². The van der Waals surface area contributed by atoms with Crippen LogP contribution in [0.1, 0.15) is 17.5 Å². The van der Waals surface area contributed by atoms with Crippen LogP contribution in [0.4, 0.5) is 0 Å². The molecular formula is C19H23N3O. The molecule has 1 saturated heterocycles. The third kappa shape index (κ3) is 4.39. The molecule has 0 aliphatic carbocycles. The zero-order chi connectivity index (χ0) is 15.9. The molecule has 0 radical (unpaired) electrons. The number of carbonyl (C=O) groups excluding carboxylic acids is 1. The van der Waals surface area contributed by atoms with Crippen molar-refractivity contribution in [2.45, 2.75) is 25.3 Å². The maximum atomic E-state index is 12.3. The molecule has 120 valence electrons. The summed E-state index contributed by atoms with van der Waals surface area (Å²) < 4.78 is 0. The van der Waals surface area contributed by atoms with E-state index in [2.05, 4.69) is 33.4 Å². The molecule has 0 saturated carbocycles. The molecule has 1 aromatic heterocycles. The molecular weight excluding hydrogens is 286 g/mol. The fourth-order valence-corrected chi connectivity index (χ4v) is 3.12. The maximum absolute atomic E-state index is 12.3. The van der Waals surface area contributed by atoms with E-state index in [-0.39, 0.29) is 11.9 Å². The Morgan fingerprint density at radius 3 is 2.74 bits per heavy atom. The van der Waals surface area contributed by atoms with Gasteiger partial charge in [-0.15, -0.1) is 0 Å². The Kier molecular flexibility index (Phi) is 5.37. The van der Waals surface area contributed by atoms with E-state index in [1.165, 1.54) is 11.1 Å². The zero-order valence-electron chi connectivity index (χ0n) is 13.3. The average molecular weight is 309 g/mol. The van der Waals surface area contributed by atoms with Gasteiger partial charge in [0, 0.05) is 25.5 Å². The van der Waals surface area contributed by atoms with E-state index >= 15 is 0 Å². The number of benzene rings is 1. The Bertz CT molecular complexity index is 615. The molecule has 1 aromatic carbocycles. The lowest BCUT2D eigenvalue weighted by atomic mass is 10.0. The summed E-state index contributed by atoms with van der Waals surface area (Å²) in [5.74, 6) is 0.154. The topological polar surface area (TPSA) is 45.2 Å². The Labute approximate surface area is 137 Å². The van der Waals surface area contributed by atoms with Crippen molar-refractivity contribution >= 4 is 5.91 Å². The molecule has 1 aliphatic heterocycles. The standard InChI is InChI=1S/C19H23N3O/c23-19-18(14-16-6-2-1-3-7-16)22(13-11-21-19)12-5-9-17-8-4-10-20-15-17/h1-4,6-8,10,15,18H,5,9,11-14H2,(H,21,23)/t18-/m0/s1. The average Bonchev–Trinajstić information content (AvgIpc) is 2.60. The first-order valence-corrected chi connectivity index (χ1v) is 8.27. The maximum Gasteiger partial charge on any atom is 0.237 e. The van der Waals surface area contributed by atoms with Crippen LogP contribution in [0.5, 0.6) is 0 Å². The van der Waals surface area contributed by atoms with E-state index in [9.17, 15) is 4.79 Å². The number of nitrogens with one attached hydrogen (secondary N) is 1. The van der Waals surface area contributed by atoms with Crippen LogP contribution in [0.3, 0.4) is 0 Å². The second-order valence-corrected chi connectivity index (χ2v) is 6.00. The van der Waals surface area contributed by atoms with Crippen molar-refractivity contribution in [1.82, 2.24) is 15.2 Å². The van der Waals surface area contributed by atoms with E-state index in [1.807, 2.05) is 30.5 Å². The number of nitrogens with zero attached hydrogens (tertiary/aromatic N) is 2. The summed E-state index contributed by atoms with van der Waals surface area (Å²) in [6.45, 7) is 2.62. The molecule has 0 bridgehead atoms. The number of aryl methyl sites for hydroxylation is 1. The molecule has 0 spiro atoms. The third-order valence-electron chi connectivity index (χ3n) is 4.35. The first-order valence-electron chi connectivity index (χ1n) is 8.27. The highest BCUT2D eigenvalue weighted by molar-refractivity contribution is 5.82. The van der Waals surface area contributed by atoms with Crippen molar-refractivity contribution in [1.29, 1.82) is 0 Å². The molecule has 1 amide bonds. The van der Waals surface area contributed by atoms with E-state index < -0.39 is 0 Å². The normalized spacial score (nSPS) is 18.6. The summed E-state index contributed by atoms with van der Waals surface area (Å²) in [7, 11) is 0. The van der Waals surface area contributed by atoms with Gasteiger partial charge in [0.05, 0.1) is 6.04 Å². The molecule has 23 heavy (non-hydrogen) atoms. The quantitative estimate of drug-likeness (QED) is 0.888. The molecule has 4 nitrogen and oxygen atoms in total. The van der Waals surface area contributed by atoms with Gasteiger partial charge in [0.15, 0.2) is 0 Å². The second kappa shape index (κ2) is 7.88. The number of piperazine rings is 1. The zero-order valence-corrected chi connectivity index (χ0v) is 13.3. The van der Waals surface area contributed by atoms with Crippen LogP contribution in [-0.4, -0.2) is 41.5 Å². The summed E-state index contributed by atoms with van der Waals surface area (Å²) in [6, 6.07) is 14.3. The van der Waals surface area contributed by atoms with Gasteiger partial charge in [-0.25, -0.2) is 0 Å². The smallest absolute Gasteiger partial charge is 0.237 e. The fourth-order valence-electron chi connectivity index (χ4n) is 3.12. The number of carbonyl (C=O) groups is 1. The van der Waals surface area contributed by atoms with E-state index in [0.29, 0.717) is 0 Å². The van der Waals surface area contributed by atoms with Gasteiger partial charge in [0.2, 0.25) is 5.91 Å². The van der Waals surface area contributed by atoms with E-state index in [4.69, 9.17) is 0 Å². The first-order chi connectivity index (χ1) is 11.3. The van der Waals surface area contributed by atoms with Crippen molar-refractivity contribution in [3.8, 4) is 0 Å². The lowest BCUT2D eigenvalue weighted by molar-refractivity contribution is -0.129. The number of rotatable bonds is 6. The van der Waals surface area contributed by atoms with Crippen molar-refractivity contribution in [2.24, 2.45) is 0 Å². The van der Waals surface area contributed by atoms with Crippen LogP contribution in [0.15, 0.2) is 54.9 Å². The minimum atomic E-state index is -0.0555. The van der Waals surface area contributed by atoms with Gasteiger partial charge in [-0.3, -0.25) is 14.7 Å². The number of hydrogen-bond donors (Lipinski definition) is 1. The minimum absolute atomic E-state index is 0.0555. The van der Waals surface area contributed by atoms with Crippen LogP contribution in [0.2, 0.25) is 0 Å². The van der Waals surface area contributed by atoms with Gasteiger partial charge in [-0.2, -0.15) is 0 Å². The van der Waals surface area contributed by atoms with Crippen molar-refractivity contribution in [2.75, 3.05) is 19.6 Å². The first kappa shape index (κ1) is 15.7. The van der Waals surface area contributed by atoms with E-state index in [1.54, 1.807) is 6.20 Å². The van der Waals surface area contributed by atoms with Gasteiger partial charge < -0.3 is 5.32 Å². The number of aromatic nitrogens is 1. The van der Waals surface area contributed by atoms with E-state index in [0.717, 1.165) is 38.9 Å². The van der Waals surface area contributed by atoms with Gasteiger partial charge >= 0.3 is 0 Å². The van der Waals surface area contributed by atoms with Gasteiger partial charge in [0.1, 0.15) is 0 Å². The highest BCUT2D eigenvalue weighted by Gasteiger charge is 2.29. The lowest BCUT2D eigenvalue weighted by Crippen LogP contribution is -2.56. The summed E-state index contributed by atoms with van der Waals surface area (Å²) >= 11 is 0. The second-order valence-electron chi connectivity index (χ2n) is 6.00. The summed E-state index contributed by atoms with van der Waals surface area (Å²) in [5, 5.41) is 3.00. The monoisotopic (exact) mass is 309 g/mol. The SMILES string of the molecule is O=C1NCCN(CCCc2cccnc2)[C@H]1Cc1ccccc1. The minimum Gasteiger partial charge on any atom is -0.353 e. The highest BCUT2D eigenvalue weighted by atomic mass is 16.2. The predicted octanol–water partition coefficient (Wildman–Crippen LogP) is 2.06. The van der Waals surface area contributed by atoms with Gasteiger partial charge in [-0.05, 0) is 43.0 Å². The number of pyridine rings is 1. The molecule has 0 unspecified atom stereocenters. The predicted molar refractivity (Wildman–Crippen MR) is 91.1 cm³/mol. The van der Waals surface area contributed by atoms with Crippen LogP contribution in [-0.2, 0) is 17.6 Å². The Hall–Kier alpha value is -2.20. The van der Waals surface area contributed by atoms with Gasteiger partial charge in [-0.1, -0.05) is 36.4 Å². The molecule has 1 fully saturated rings. The van der Waals surface area contributed by atoms with Crippen molar-refractivity contribution in [3.63, 3.8) is 0 Å². The Balaban J connectivity index is 1.58. The molecule has 2 aromatic rings. The highest BCUT2D eigenvalue weighted by Crippen LogP contribution is 2.13. The van der Waals surface area contributed by atoms with Crippen LogP contribution >= 0.6 is 0 Å². The summed E-state index contributed by atoms with van der Waals surface area (Å²) in [5.41, 5.74) is 2.47. The van der Waals surface area contributed by atoms with Crippen LogP contribution in [0, 0.1) is 0 Å². The molecule has 4 heteroatoms. The van der Waals surface area contributed by atoms with Crippen LogP contribution < -0.4 is 5.32 Å². The number of hydrogen-bond acceptors (Lipinski definition) is 3. The molecule has 1 aliphatic rings. The Morgan fingerprint density at radius 1 is 1.13 bits per heavy atom. The lowest BCUT2D eigenvalue weighted by Gasteiger charge is -2.35. The third-order valence-corrected chi connectivity index (χ3v) is 4.35. The summed E-state index contributed by atoms with van der Waals surface area (Å²) in [6.07, 6.45) is 6.55. The number of amides is 1.